The zero-order valence-corrected chi connectivity index (χ0v) is 19.9. The zero-order chi connectivity index (χ0) is 24.8. The van der Waals surface area contributed by atoms with E-state index in [4.69, 9.17) is 13.9 Å². The summed E-state index contributed by atoms with van der Waals surface area (Å²) in [4.78, 5) is 38.0. The van der Waals surface area contributed by atoms with Gasteiger partial charge >= 0.3 is 11.9 Å². The number of nitrogens with zero attached hydrogens (tertiary/aromatic N) is 1. The van der Waals surface area contributed by atoms with Gasteiger partial charge in [-0.05, 0) is 44.5 Å². The summed E-state index contributed by atoms with van der Waals surface area (Å²) in [6.07, 6.45) is 1.29. The van der Waals surface area contributed by atoms with E-state index in [0.717, 1.165) is 4.88 Å². The van der Waals surface area contributed by atoms with Gasteiger partial charge in [-0.25, -0.2) is 9.59 Å². The molecule has 0 saturated carbocycles. The van der Waals surface area contributed by atoms with Crippen LogP contribution in [-0.2, 0) is 14.3 Å². The molecular formula is C25H22N2O6S. The van der Waals surface area contributed by atoms with Crippen molar-refractivity contribution in [3.8, 4) is 17.4 Å². The van der Waals surface area contributed by atoms with Crippen LogP contribution in [0.4, 0.5) is 5.00 Å². The van der Waals surface area contributed by atoms with Gasteiger partial charge in [0.05, 0.1) is 24.8 Å². The molecule has 0 atom stereocenters. The molecule has 0 radical (unpaired) electrons. The van der Waals surface area contributed by atoms with Gasteiger partial charge in [0.25, 0.3) is 5.91 Å². The predicted octanol–water partition coefficient (Wildman–Crippen LogP) is 5.13. The number of rotatable bonds is 7. The first-order chi connectivity index (χ1) is 16.3. The van der Waals surface area contributed by atoms with Crippen molar-refractivity contribution < 1.29 is 28.3 Å². The molecule has 1 amide bonds. The second kappa shape index (κ2) is 10.6. The Morgan fingerprint density at radius 3 is 2.56 bits per heavy atom. The Morgan fingerprint density at radius 1 is 1.15 bits per heavy atom. The van der Waals surface area contributed by atoms with Gasteiger partial charge in [-0.3, -0.25) is 4.79 Å². The van der Waals surface area contributed by atoms with Crippen molar-refractivity contribution in [1.29, 1.82) is 5.26 Å². The monoisotopic (exact) mass is 478 g/mol. The summed E-state index contributed by atoms with van der Waals surface area (Å²) in [6, 6.07) is 11.8. The second-order valence-corrected chi connectivity index (χ2v) is 8.30. The summed E-state index contributed by atoms with van der Waals surface area (Å²) in [5, 5.41) is 12.5. The fourth-order valence-corrected chi connectivity index (χ4v) is 4.23. The molecule has 174 valence electrons. The zero-order valence-electron chi connectivity index (χ0n) is 19.1. The van der Waals surface area contributed by atoms with Gasteiger partial charge < -0.3 is 19.2 Å². The predicted molar refractivity (Wildman–Crippen MR) is 127 cm³/mol. The minimum atomic E-state index is -0.692. The maximum atomic E-state index is 12.8. The van der Waals surface area contributed by atoms with Gasteiger partial charge in [-0.15, -0.1) is 11.3 Å². The number of furan rings is 1. The molecule has 0 aliphatic heterocycles. The molecule has 9 heteroatoms. The van der Waals surface area contributed by atoms with Crippen LogP contribution in [0.5, 0.6) is 0 Å². The largest absolute Gasteiger partial charge is 0.465 e. The van der Waals surface area contributed by atoms with E-state index in [1.165, 1.54) is 24.5 Å². The van der Waals surface area contributed by atoms with Crippen molar-refractivity contribution in [3.63, 3.8) is 0 Å². The Hall–Kier alpha value is -4.16. The van der Waals surface area contributed by atoms with E-state index in [1.54, 1.807) is 50.2 Å². The van der Waals surface area contributed by atoms with E-state index in [1.807, 2.05) is 13.0 Å². The van der Waals surface area contributed by atoms with Crippen LogP contribution >= 0.6 is 11.3 Å². The van der Waals surface area contributed by atoms with Crippen molar-refractivity contribution in [2.24, 2.45) is 0 Å². The number of nitriles is 1. The summed E-state index contributed by atoms with van der Waals surface area (Å²) in [6.45, 7) is 5.49. The Labute approximate surface area is 200 Å². The number of anilines is 1. The van der Waals surface area contributed by atoms with E-state index in [0.29, 0.717) is 27.5 Å². The number of nitrogens with one attached hydrogen (secondary N) is 1. The summed E-state index contributed by atoms with van der Waals surface area (Å²) in [7, 11) is 1.29. The fraction of sp³-hybridized carbons (Fsp3) is 0.200. The number of amides is 1. The molecule has 0 aliphatic rings. The van der Waals surface area contributed by atoms with Gasteiger partial charge in [-0.2, -0.15) is 5.26 Å². The molecule has 0 bridgehead atoms. The van der Waals surface area contributed by atoms with E-state index in [-0.39, 0.29) is 23.5 Å². The smallest absolute Gasteiger partial charge is 0.341 e. The quantitative estimate of drug-likeness (QED) is 0.284. The minimum Gasteiger partial charge on any atom is -0.465 e. The number of hydrogen-bond donors (Lipinski definition) is 1. The van der Waals surface area contributed by atoms with Crippen LogP contribution in [0.25, 0.3) is 17.4 Å². The SMILES string of the molecule is CCOC(=O)c1c(NC(=O)C(C#N)=Cc2ccc(-c3ccccc3C(=O)OC)o2)sc(C)c1C. The van der Waals surface area contributed by atoms with E-state index < -0.39 is 17.8 Å². The maximum Gasteiger partial charge on any atom is 0.341 e. The number of hydrogen-bond acceptors (Lipinski definition) is 8. The number of ether oxygens (including phenoxy) is 2. The third-order valence-electron chi connectivity index (χ3n) is 4.97. The number of carbonyl (C=O) groups is 3. The van der Waals surface area contributed by atoms with Gasteiger partial charge in [-0.1, -0.05) is 18.2 Å². The first-order valence-electron chi connectivity index (χ1n) is 10.3. The van der Waals surface area contributed by atoms with Crippen molar-refractivity contribution in [1.82, 2.24) is 0 Å². The topological polar surface area (TPSA) is 119 Å². The number of thiophene rings is 1. The highest BCUT2D eigenvalue weighted by atomic mass is 32.1. The van der Waals surface area contributed by atoms with Crippen molar-refractivity contribution in [3.05, 3.63) is 69.3 Å². The molecule has 0 saturated heterocycles. The molecule has 0 unspecified atom stereocenters. The van der Waals surface area contributed by atoms with Crippen LogP contribution in [0.2, 0.25) is 0 Å². The molecule has 3 rings (SSSR count). The van der Waals surface area contributed by atoms with Crippen LogP contribution < -0.4 is 5.32 Å². The molecule has 2 aromatic heterocycles. The molecule has 34 heavy (non-hydrogen) atoms. The highest BCUT2D eigenvalue weighted by Crippen LogP contribution is 2.33. The summed E-state index contributed by atoms with van der Waals surface area (Å²) < 4.78 is 15.7. The second-order valence-electron chi connectivity index (χ2n) is 7.07. The Bertz CT molecular complexity index is 1330. The fourth-order valence-electron chi connectivity index (χ4n) is 3.19. The lowest BCUT2D eigenvalue weighted by molar-refractivity contribution is -0.112. The lowest BCUT2D eigenvalue weighted by Gasteiger charge is -2.06. The van der Waals surface area contributed by atoms with E-state index in [2.05, 4.69) is 5.32 Å². The van der Waals surface area contributed by atoms with Crippen molar-refractivity contribution in [2.45, 2.75) is 20.8 Å². The third kappa shape index (κ3) is 5.08. The number of methoxy groups -OCH3 is 1. The summed E-state index contributed by atoms with van der Waals surface area (Å²) >= 11 is 1.23. The molecule has 0 aliphatic carbocycles. The van der Waals surface area contributed by atoms with Crippen LogP contribution in [0.15, 0.2) is 46.4 Å². The molecule has 1 aromatic carbocycles. The first-order valence-corrected chi connectivity index (χ1v) is 11.1. The lowest BCUT2D eigenvalue weighted by atomic mass is 10.1. The summed E-state index contributed by atoms with van der Waals surface area (Å²) in [5.74, 6) is -1.13. The lowest BCUT2D eigenvalue weighted by Crippen LogP contribution is -2.16. The first kappa shape index (κ1) is 24.5. The molecule has 1 N–H and O–H groups in total. The standard InChI is InChI=1S/C25H22N2O6S/c1-5-32-25(30)21-14(2)15(3)34-23(21)27-22(28)16(13-26)12-17-10-11-20(33-17)18-8-6-7-9-19(18)24(29)31-4/h6-12H,5H2,1-4H3,(H,27,28). The van der Waals surface area contributed by atoms with Crippen LogP contribution in [0.1, 0.15) is 43.8 Å². The number of carbonyl (C=O) groups excluding carboxylic acids is 3. The average Bonchev–Trinajstić information content (AvgIpc) is 3.40. The van der Waals surface area contributed by atoms with Crippen molar-refractivity contribution >= 4 is 40.3 Å². The molecule has 0 spiro atoms. The van der Waals surface area contributed by atoms with Crippen LogP contribution in [-0.4, -0.2) is 31.6 Å². The van der Waals surface area contributed by atoms with Gasteiger partial charge in [0.15, 0.2) is 0 Å². The normalized spacial score (nSPS) is 11.0. The highest BCUT2D eigenvalue weighted by Gasteiger charge is 2.23. The highest BCUT2D eigenvalue weighted by molar-refractivity contribution is 7.16. The van der Waals surface area contributed by atoms with E-state index in [9.17, 15) is 19.6 Å². The molecule has 8 nitrogen and oxygen atoms in total. The average molecular weight is 479 g/mol. The Morgan fingerprint density at radius 2 is 1.88 bits per heavy atom. The molecule has 3 aromatic rings. The van der Waals surface area contributed by atoms with E-state index >= 15 is 0 Å². The van der Waals surface area contributed by atoms with Gasteiger partial charge in [0.2, 0.25) is 0 Å². The van der Waals surface area contributed by atoms with Gasteiger partial charge in [0, 0.05) is 16.5 Å². The Kier molecular flexibility index (Phi) is 7.66. The van der Waals surface area contributed by atoms with Crippen LogP contribution in [0, 0.1) is 25.2 Å². The summed E-state index contributed by atoms with van der Waals surface area (Å²) in [5.41, 5.74) is 1.60. The molecular weight excluding hydrogens is 456 g/mol. The third-order valence-corrected chi connectivity index (χ3v) is 6.09. The van der Waals surface area contributed by atoms with Gasteiger partial charge in [0.1, 0.15) is 28.2 Å². The Balaban J connectivity index is 1.89. The van der Waals surface area contributed by atoms with Crippen LogP contribution in [0.3, 0.4) is 0 Å². The minimum absolute atomic E-state index is 0.198. The number of benzene rings is 1. The maximum absolute atomic E-state index is 12.8. The molecule has 0 fully saturated rings. The number of aryl methyl sites for hydroxylation is 1. The number of esters is 2. The molecule has 2 heterocycles. The van der Waals surface area contributed by atoms with Crippen molar-refractivity contribution in [2.75, 3.05) is 19.0 Å².